The molecule has 0 bridgehead atoms. The van der Waals surface area contributed by atoms with E-state index in [9.17, 15) is 59.4 Å². The molecular formula is C21H30Al2O12. The molecule has 0 aromatic heterocycles. The number of carboxylic acids is 6. The normalized spacial score (nSPS) is 10.5. The van der Waals surface area contributed by atoms with Gasteiger partial charge in [0, 0.05) is 16.2 Å². The molecule has 0 atom stereocenters. The molecule has 0 aliphatic rings. The Morgan fingerprint density at radius 3 is 0.457 bits per heavy atom. The molecule has 0 saturated heterocycles. The second-order valence-corrected chi connectivity index (χ2v) is 7.09. The minimum atomic E-state index is -1.81. The van der Waals surface area contributed by atoms with Crippen molar-refractivity contribution >= 4 is 70.5 Å². The zero-order valence-corrected chi connectivity index (χ0v) is 23.1. The average molecular weight is 528 g/mol. The minimum Gasteiger partial charge on any atom is -0.549 e. The van der Waals surface area contributed by atoms with Crippen molar-refractivity contribution in [2.45, 2.75) is 80.1 Å². The Balaban J connectivity index is -0.000000125. The van der Waals surface area contributed by atoms with Crippen LogP contribution in [0.15, 0.2) is 0 Å². The molecule has 0 radical (unpaired) electrons. The zero-order valence-electron chi connectivity index (χ0n) is 20.8. The molecule has 0 N–H and O–H groups in total. The van der Waals surface area contributed by atoms with Crippen molar-refractivity contribution in [2.24, 2.45) is 16.2 Å². The Morgan fingerprint density at radius 1 is 0.371 bits per heavy atom. The molecule has 0 amide bonds. The van der Waals surface area contributed by atoms with E-state index in [4.69, 9.17) is 0 Å². The van der Waals surface area contributed by atoms with E-state index in [0.29, 0.717) is 0 Å². The Morgan fingerprint density at radius 2 is 0.457 bits per heavy atom. The molecule has 0 saturated carbocycles. The predicted molar refractivity (Wildman–Crippen MR) is 111 cm³/mol. The molecule has 0 fully saturated rings. The van der Waals surface area contributed by atoms with Crippen LogP contribution in [0.25, 0.3) is 0 Å². The van der Waals surface area contributed by atoms with Gasteiger partial charge in [0.25, 0.3) is 0 Å². The van der Waals surface area contributed by atoms with E-state index >= 15 is 0 Å². The molecule has 35 heavy (non-hydrogen) atoms. The largest absolute Gasteiger partial charge is 3.00 e. The molecule has 0 aliphatic heterocycles. The molecule has 14 heteroatoms. The van der Waals surface area contributed by atoms with Gasteiger partial charge in [-0.2, -0.15) is 0 Å². The van der Waals surface area contributed by atoms with E-state index in [2.05, 4.69) is 0 Å². The van der Waals surface area contributed by atoms with Crippen LogP contribution in [0.5, 0.6) is 0 Å². The van der Waals surface area contributed by atoms with E-state index in [1.807, 2.05) is 0 Å². The van der Waals surface area contributed by atoms with Gasteiger partial charge in [-0.15, -0.1) is 0 Å². The van der Waals surface area contributed by atoms with Gasteiger partial charge in [0.15, 0.2) is 0 Å². The quantitative estimate of drug-likeness (QED) is 0.170. The van der Waals surface area contributed by atoms with Gasteiger partial charge in [-0.05, 0) is 38.5 Å². The SMILES string of the molecule is CCC(CC)(C(=O)[O-])C(=O)[O-].CCC(CC)(C(=O)[O-])C(=O)[O-].CCC(CC)(C(=O)[O-])C(=O)[O-].[Al+3].[Al+3]. The molecule has 0 spiro atoms. The Bertz CT molecular complexity index is 566. The van der Waals surface area contributed by atoms with Crippen molar-refractivity contribution in [1.29, 1.82) is 0 Å². The number of hydrogen-bond acceptors (Lipinski definition) is 12. The summed E-state index contributed by atoms with van der Waals surface area (Å²) in [5, 5.41) is 62.4. The van der Waals surface area contributed by atoms with Crippen molar-refractivity contribution in [3.8, 4) is 0 Å². The average Bonchev–Trinajstić information content (AvgIpc) is 2.71. The van der Waals surface area contributed by atoms with Gasteiger partial charge in [0.2, 0.25) is 0 Å². The van der Waals surface area contributed by atoms with Crippen LogP contribution in [0.4, 0.5) is 0 Å². The van der Waals surface area contributed by atoms with Crippen LogP contribution < -0.4 is 30.6 Å². The van der Waals surface area contributed by atoms with Gasteiger partial charge in [0.1, 0.15) is 0 Å². The monoisotopic (exact) mass is 528 g/mol. The van der Waals surface area contributed by atoms with Gasteiger partial charge in [-0.25, -0.2) is 0 Å². The van der Waals surface area contributed by atoms with Gasteiger partial charge in [-0.1, -0.05) is 41.5 Å². The summed E-state index contributed by atoms with van der Waals surface area (Å²) in [6, 6.07) is 0. The minimum absolute atomic E-state index is 0. The van der Waals surface area contributed by atoms with Crippen LogP contribution in [-0.2, 0) is 28.8 Å². The van der Waals surface area contributed by atoms with Gasteiger partial charge >= 0.3 is 34.7 Å². The first kappa shape index (κ1) is 43.0. The fourth-order valence-electron chi connectivity index (χ4n) is 2.73. The first-order valence-corrected chi connectivity index (χ1v) is 10.3. The second-order valence-electron chi connectivity index (χ2n) is 7.09. The molecule has 0 unspecified atom stereocenters. The summed E-state index contributed by atoms with van der Waals surface area (Å²) in [6.07, 6.45) is -0.0347. The van der Waals surface area contributed by atoms with Crippen LogP contribution in [-0.4, -0.2) is 70.5 Å². The maximum atomic E-state index is 10.4. The number of carbonyl (C=O) groups excluding carboxylic acids is 6. The van der Waals surface area contributed by atoms with Crippen LogP contribution in [0.2, 0.25) is 0 Å². The summed E-state index contributed by atoms with van der Waals surface area (Å²) >= 11 is 0. The maximum Gasteiger partial charge on any atom is 3.00 e. The second kappa shape index (κ2) is 19.1. The van der Waals surface area contributed by atoms with Gasteiger partial charge < -0.3 is 59.4 Å². The number of hydrogen-bond donors (Lipinski definition) is 0. The van der Waals surface area contributed by atoms with Crippen molar-refractivity contribution in [3.63, 3.8) is 0 Å². The number of aliphatic carboxylic acids is 6. The van der Waals surface area contributed by atoms with Crippen molar-refractivity contribution in [3.05, 3.63) is 0 Å². The van der Waals surface area contributed by atoms with E-state index in [0.717, 1.165) is 0 Å². The number of carboxylic acid groups (broad SMARTS) is 6. The Kier molecular flexibility index (Phi) is 23.5. The van der Waals surface area contributed by atoms with E-state index in [-0.39, 0.29) is 73.2 Å². The molecule has 12 nitrogen and oxygen atoms in total. The van der Waals surface area contributed by atoms with Gasteiger partial charge in [0.05, 0.1) is 35.8 Å². The third kappa shape index (κ3) is 10.6. The molecular weight excluding hydrogens is 498 g/mol. The topological polar surface area (TPSA) is 241 Å². The summed E-state index contributed by atoms with van der Waals surface area (Å²) in [6.45, 7) is 8.89. The fourth-order valence-corrected chi connectivity index (χ4v) is 2.73. The first-order valence-electron chi connectivity index (χ1n) is 10.3. The maximum absolute atomic E-state index is 10.4. The van der Waals surface area contributed by atoms with Crippen LogP contribution >= 0.6 is 0 Å². The summed E-state index contributed by atoms with van der Waals surface area (Å²) in [7, 11) is 0. The molecule has 0 aromatic carbocycles. The smallest absolute Gasteiger partial charge is 0.549 e. The van der Waals surface area contributed by atoms with E-state index < -0.39 is 52.1 Å². The Hall–Kier alpha value is -2.12. The van der Waals surface area contributed by atoms with Crippen LogP contribution in [0.3, 0.4) is 0 Å². The Labute approximate surface area is 226 Å². The molecule has 0 aromatic rings. The van der Waals surface area contributed by atoms with E-state index in [1.165, 1.54) is 41.5 Å². The predicted octanol–water partition coefficient (Wildman–Crippen LogP) is -5.88. The third-order valence-corrected chi connectivity index (χ3v) is 5.97. The standard InChI is InChI=1S/3C7H12O4.2Al/c3*1-3-7(4-2,5(8)9)6(10)11;;/h3*3-4H2,1-2H3,(H,8,9)(H,10,11);;/q;;;2*+3/p-6. The van der Waals surface area contributed by atoms with Crippen molar-refractivity contribution in [1.82, 2.24) is 0 Å². The first-order chi connectivity index (χ1) is 15.0. The molecule has 0 rings (SSSR count). The van der Waals surface area contributed by atoms with E-state index in [1.54, 1.807) is 0 Å². The van der Waals surface area contributed by atoms with Gasteiger partial charge in [-0.3, -0.25) is 0 Å². The molecule has 0 aliphatic carbocycles. The summed E-state index contributed by atoms with van der Waals surface area (Å²) in [4.78, 5) is 62.4. The summed E-state index contributed by atoms with van der Waals surface area (Å²) < 4.78 is 0. The molecule has 0 heterocycles. The van der Waals surface area contributed by atoms with Crippen molar-refractivity contribution in [2.75, 3.05) is 0 Å². The van der Waals surface area contributed by atoms with Crippen LogP contribution in [0, 0.1) is 16.2 Å². The summed E-state index contributed by atoms with van der Waals surface area (Å²) in [5.74, 6) is -9.40. The third-order valence-electron chi connectivity index (χ3n) is 5.97. The fraction of sp³-hybridized carbons (Fsp3) is 0.714. The zero-order chi connectivity index (χ0) is 27.2. The van der Waals surface area contributed by atoms with Crippen molar-refractivity contribution < 1.29 is 59.4 Å². The summed E-state index contributed by atoms with van der Waals surface area (Å²) in [5.41, 5.74) is -5.42. The molecule has 192 valence electrons. The number of rotatable bonds is 12. The van der Waals surface area contributed by atoms with Crippen LogP contribution in [0.1, 0.15) is 80.1 Å². The number of carbonyl (C=O) groups is 6.